The molecule has 0 radical (unpaired) electrons. The van der Waals surface area contributed by atoms with Crippen molar-refractivity contribution in [1.82, 2.24) is 10.2 Å². The summed E-state index contributed by atoms with van der Waals surface area (Å²) in [5, 5.41) is 3.85. The second-order valence-electron chi connectivity index (χ2n) is 7.31. The zero-order chi connectivity index (χ0) is 14.2. The van der Waals surface area contributed by atoms with Gasteiger partial charge in [-0.15, -0.1) is 0 Å². The topological polar surface area (TPSA) is 24.5 Å². The van der Waals surface area contributed by atoms with E-state index in [9.17, 15) is 0 Å². The van der Waals surface area contributed by atoms with Crippen molar-refractivity contribution in [3.8, 4) is 0 Å². The Balaban J connectivity index is 1.67. The SMILES string of the molecule is CCC1(CC)CNC(C2CC2)CN1CC1CCC(C)O1. The van der Waals surface area contributed by atoms with Gasteiger partial charge in [-0.2, -0.15) is 0 Å². The lowest BCUT2D eigenvalue weighted by Gasteiger charge is -2.50. The van der Waals surface area contributed by atoms with E-state index in [1.807, 2.05) is 0 Å². The van der Waals surface area contributed by atoms with E-state index in [1.54, 1.807) is 0 Å². The number of rotatable bonds is 5. The van der Waals surface area contributed by atoms with E-state index in [-0.39, 0.29) is 0 Å². The van der Waals surface area contributed by atoms with Crippen molar-refractivity contribution in [3.05, 3.63) is 0 Å². The molecule has 0 aromatic carbocycles. The predicted octanol–water partition coefficient (Wildman–Crippen LogP) is 2.80. The summed E-state index contributed by atoms with van der Waals surface area (Å²) < 4.78 is 6.10. The van der Waals surface area contributed by atoms with Crippen LogP contribution in [0, 0.1) is 5.92 Å². The third-order valence-corrected chi connectivity index (χ3v) is 6.03. The second kappa shape index (κ2) is 5.94. The molecule has 2 aliphatic heterocycles. The summed E-state index contributed by atoms with van der Waals surface area (Å²) in [6.45, 7) is 10.5. The molecular weight excluding hydrogens is 248 g/mol. The van der Waals surface area contributed by atoms with Crippen molar-refractivity contribution in [2.24, 2.45) is 5.92 Å². The van der Waals surface area contributed by atoms with Crippen LogP contribution in [0.1, 0.15) is 59.3 Å². The van der Waals surface area contributed by atoms with Crippen LogP contribution in [-0.2, 0) is 4.74 Å². The van der Waals surface area contributed by atoms with Crippen LogP contribution in [0.15, 0.2) is 0 Å². The number of piperazine rings is 1. The predicted molar refractivity (Wildman–Crippen MR) is 83.0 cm³/mol. The van der Waals surface area contributed by atoms with Crippen LogP contribution < -0.4 is 5.32 Å². The van der Waals surface area contributed by atoms with E-state index in [1.165, 1.54) is 51.6 Å². The molecule has 0 bridgehead atoms. The van der Waals surface area contributed by atoms with Crippen LogP contribution in [0.25, 0.3) is 0 Å². The molecule has 20 heavy (non-hydrogen) atoms. The van der Waals surface area contributed by atoms with E-state index < -0.39 is 0 Å². The van der Waals surface area contributed by atoms with Crippen LogP contribution in [0.4, 0.5) is 0 Å². The molecule has 1 saturated carbocycles. The van der Waals surface area contributed by atoms with Gasteiger partial charge in [0.25, 0.3) is 0 Å². The molecule has 3 atom stereocenters. The fraction of sp³-hybridized carbons (Fsp3) is 1.00. The Labute approximate surface area is 124 Å². The number of nitrogens with one attached hydrogen (secondary N) is 1. The monoisotopic (exact) mass is 280 g/mol. The maximum atomic E-state index is 6.10. The summed E-state index contributed by atoms with van der Waals surface area (Å²) in [5.41, 5.74) is 0.362. The number of hydrogen-bond donors (Lipinski definition) is 1. The molecule has 2 saturated heterocycles. The molecule has 1 aliphatic carbocycles. The van der Waals surface area contributed by atoms with Gasteiger partial charge in [0.05, 0.1) is 12.2 Å². The van der Waals surface area contributed by atoms with E-state index in [0.29, 0.717) is 17.7 Å². The largest absolute Gasteiger partial charge is 0.374 e. The lowest BCUT2D eigenvalue weighted by molar-refractivity contribution is -0.0287. The van der Waals surface area contributed by atoms with Crippen LogP contribution in [0.5, 0.6) is 0 Å². The molecule has 3 fully saturated rings. The summed E-state index contributed by atoms with van der Waals surface area (Å²) in [6, 6.07) is 0.736. The molecule has 2 heterocycles. The molecule has 116 valence electrons. The summed E-state index contributed by atoms with van der Waals surface area (Å²) >= 11 is 0. The third-order valence-electron chi connectivity index (χ3n) is 6.03. The summed E-state index contributed by atoms with van der Waals surface area (Å²) in [4.78, 5) is 2.79. The fourth-order valence-corrected chi connectivity index (χ4v) is 4.22. The molecule has 3 aliphatic rings. The van der Waals surface area contributed by atoms with E-state index >= 15 is 0 Å². The average molecular weight is 280 g/mol. The standard InChI is InChI=1S/C17H32N2O/c1-4-17(5-2)12-18-16(14-7-8-14)11-19(17)10-15-9-6-13(3)20-15/h13-16,18H,4-12H2,1-3H3. The van der Waals surface area contributed by atoms with E-state index in [0.717, 1.165) is 18.5 Å². The lowest BCUT2D eigenvalue weighted by Crippen LogP contribution is -2.65. The zero-order valence-electron chi connectivity index (χ0n) is 13.5. The minimum Gasteiger partial charge on any atom is -0.374 e. The first-order valence-corrected chi connectivity index (χ1v) is 8.80. The minimum absolute atomic E-state index is 0.362. The normalized spacial score (nSPS) is 38.2. The quantitative estimate of drug-likeness (QED) is 0.838. The van der Waals surface area contributed by atoms with Gasteiger partial charge in [0, 0.05) is 31.2 Å². The van der Waals surface area contributed by atoms with E-state index in [4.69, 9.17) is 4.74 Å². The van der Waals surface area contributed by atoms with Gasteiger partial charge in [-0.25, -0.2) is 0 Å². The van der Waals surface area contributed by atoms with Gasteiger partial charge in [-0.3, -0.25) is 4.90 Å². The first-order valence-electron chi connectivity index (χ1n) is 8.80. The molecule has 3 nitrogen and oxygen atoms in total. The summed E-state index contributed by atoms with van der Waals surface area (Å²) in [5.74, 6) is 0.952. The Morgan fingerprint density at radius 3 is 2.45 bits per heavy atom. The van der Waals surface area contributed by atoms with Crippen LogP contribution in [-0.4, -0.2) is 48.3 Å². The highest BCUT2D eigenvalue weighted by molar-refractivity contribution is 5.02. The smallest absolute Gasteiger partial charge is 0.0706 e. The Hall–Kier alpha value is -0.120. The second-order valence-corrected chi connectivity index (χ2v) is 7.31. The molecule has 3 rings (SSSR count). The minimum atomic E-state index is 0.362. The van der Waals surface area contributed by atoms with Crippen LogP contribution >= 0.6 is 0 Å². The van der Waals surface area contributed by atoms with Gasteiger partial charge in [0.2, 0.25) is 0 Å². The van der Waals surface area contributed by atoms with Gasteiger partial charge in [-0.1, -0.05) is 13.8 Å². The Morgan fingerprint density at radius 2 is 1.90 bits per heavy atom. The number of nitrogens with zero attached hydrogens (tertiary/aromatic N) is 1. The summed E-state index contributed by atoms with van der Waals surface area (Å²) in [7, 11) is 0. The Morgan fingerprint density at radius 1 is 1.15 bits per heavy atom. The maximum Gasteiger partial charge on any atom is 0.0706 e. The van der Waals surface area contributed by atoms with E-state index in [2.05, 4.69) is 31.0 Å². The van der Waals surface area contributed by atoms with Gasteiger partial charge >= 0.3 is 0 Å². The lowest BCUT2D eigenvalue weighted by atomic mass is 9.86. The highest BCUT2D eigenvalue weighted by atomic mass is 16.5. The van der Waals surface area contributed by atoms with Crippen molar-refractivity contribution in [2.75, 3.05) is 19.6 Å². The van der Waals surface area contributed by atoms with Crippen molar-refractivity contribution < 1.29 is 4.74 Å². The first kappa shape index (κ1) is 14.8. The maximum absolute atomic E-state index is 6.10. The van der Waals surface area contributed by atoms with Gasteiger partial charge in [0.1, 0.15) is 0 Å². The molecule has 3 heteroatoms. The Bertz CT molecular complexity index is 325. The van der Waals surface area contributed by atoms with Crippen molar-refractivity contribution in [1.29, 1.82) is 0 Å². The van der Waals surface area contributed by atoms with Crippen molar-refractivity contribution in [2.45, 2.75) is 83.1 Å². The van der Waals surface area contributed by atoms with Gasteiger partial charge in [-0.05, 0) is 51.4 Å². The third kappa shape index (κ3) is 2.90. The number of ether oxygens (including phenoxy) is 1. The van der Waals surface area contributed by atoms with Gasteiger partial charge < -0.3 is 10.1 Å². The highest BCUT2D eigenvalue weighted by Crippen LogP contribution is 2.37. The highest BCUT2D eigenvalue weighted by Gasteiger charge is 2.44. The summed E-state index contributed by atoms with van der Waals surface area (Å²) in [6.07, 6.45) is 8.81. The first-order chi connectivity index (χ1) is 9.66. The van der Waals surface area contributed by atoms with Crippen LogP contribution in [0.2, 0.25) is 0 Å². The fourth-order valence-electron chi connectivity index (χ4n) is 4.22. The van der Waals surface area contributed by atoms with Gasteiger partial charge in [0.15, 0.2) is 0 Å². The molecule has 0 aromatic rings. The average Bonchev–Trinajstić information content (AvgIpc) is 3.23. The molecule has 0 spiro atoms. The molecule has 1 N–H and O–H groups in total. The van der Waals surface area contributed by atoms with Crippen molar-refractivity contribution >= 4 is 0 Å². The molecule has 3 unspecified atom stereocenters. The van der Waals surface area contributed by atoms with Crippen LogP contribution in [0.3, 0.4) is 0 Å². The van der Waals surface area contributed by atoms with Crippen molar-refractivity contribution in [3.63, 3.8) is 0 Å². The number of hydrogen-bond acceptors (Lipinski definition) is 3. The Kier molecular flexibility index (Phi) is 4.40. The zero-order valence-corrected chi connectivity index (χ0v) is 13.5. The molecular formula is C17H32N2O. The molecule has 0 aromatic heterocycles. The molecule has 0 amide bonds.